The molecule has 1 aliphatic carbocycles. The highest BCUT2D eigenvalue weighted by Crippen LogP contribution is 2.64. The van der Waals surface area contributed by atoms with Crippen molar-refractivity contribution in [1.82, 2.24) is 0 Å². The van der Waals surface area contributed by atoms with Crippen molar-refractivity contribution in [3.63, 3.8) is 0 Å². The fourth-order valence-electron chi connectivity index (χ4n) is 13.4. The van der Waals surface area contributed by atoms with E-state index in [9.17, 15) is 0 Å². The predicted molar refractivity (Wildman–Crippen MR) is 307 cm³/mol. The van der Waals surface area contributed by atoms with Crippen molar-refractivity contribution in [3.8, 4) is 0 Å². The first-order valence-electron chi connectivity index (χ1n) is 26.7. The number of hydrogen-bond donors (Lipinski definition) is 0. The van der Waals surface area contributed by atoms with Gasteiger partial charge in [-0.1, -0.05) is 181 Å². The van der Waals surface area contributed by atoms with Crippen LogP contribution in [0.2, 0.25) is 0 Å². The second-order valence-corrected chi connectivity index (χ2v) is 26.2. The number of aryl methyl sites for hydroxylation is 2. The van der Waals surface area contributed by atoms with Crippen molar-refractivity contribution in [1.29, 1.82) is 0 Å². The lowest BCUT2D eigenvalue weighted by atomic mass is 9.33. The van der Waals surface area contributed by atoms with E-state index >= 15 is 0 Å². The standard InChI is InChI=1S/C67H76BN3/c1-43-38-59-61-60(39-43)70(55-34-28-48(40-44(55)2)64(9,10)11)57-35-29-49(65(12,13)14)41-54(57)68(61)53-33-32-51(42-58(53)69(59)50-30-26-46(27-31-50)63(6,7)8)71-56-21-17-16-20-52(56)67(37-19-18-36-66(67,71)15)47-24-22-45(23-25-47)62(3,4)5/h16-17,20-35,38-42H,18-19,36-37H2,1-15H3. The van der Waals surface area contributed by atoms with Gasteiger partial charge in [0.05, 0.1) is 5.54 Å². The molecule has 0 radical (unpaired) electrons. The second kappa shape index (κ2) is 16.0. The molecule has 1 fully saturated rings. The molecular weight excluding hydrogens is 858 g/mol. The Morgan fingerprint density at radius 1 is 0.437 bits per heavy atom. The fourth-order valence-corrected chi connectivity index (χ4v) is 13.4. The molecule has 0 spiro atoms. The molecule has 1 saturated carbocycles. The molecule has 2 unspecified atom stereocenters. The highest BCUT2D eigenvalue weighted by atomic mass is 15.3. The number of benzene rings is 7. The lowest BCUT2D eigenvalue weighted by Gasteiger charge is -2.52. The van der Waals surface area contributed by atoms with Crippen molar-refractivity contribution in [2.45, 2.75) is 162 Å². The predicted octanol–water partition coefficient (Wildman–Crippen LogP) is 16.3. The quantitative estimate of drug-likeness (QED) is 0.163. The molecular formula is C67H76BN3. The van der Waals surface area contributed by atoms with Crippen LogP contribution in [0.5, 0.6) is 0 Å². The average Bonchev–Trinajstić information content (AvgIpc) is 3.55. The first-order valence-corrected chi connectivity index (χ1v) is 26.7. The number of para-hydroxylation sites is 1. The lowest BCUT2D eigenvalue weighted by molar-refractivity contribution is 0.215. The topological polar surface area (TPSA) is 9.72 Å². The molecule has 0 amide bonds. The molecule has 362 valence electrons. The molecule has 0 saturated heterocycles. The summed E-state index contributed by atoms with van der Waals surface area (Å²) < 4.78 is 0. The Kier molecular flexibility index (Phi) is 10.7. The van der Waals surface area contributed by atoms with Gasteiger partial charge in [-0.05, 0) is 171 Å². The van der Waals surface area contributed by atoms with Crippen molar-refractivity contribution < 1.29 is 0 Å². The largest absolute Gasteiger partial charge is 0.334 e. The van der Waals surface area contributed by atoms with E-state index in [1.807, 2.05) is 0 Å². The Balaban J connectivity index is 1.17. The number of anilines is 8. The summed E-state index contributed by atoms with van der Waals surface area (Å²) >= 11 is 0. The van der Waals surface area contributed by atoms with Crippen LogP contribution in [0.3, 0.4) is 0 Å². The van der Waals surface area contributed by atoms with Crippen LogP contribution < -0.4 is 31.1 Å². The summed E-state index contributed by atoms with van der Waals surface area (Å²) in [4.78, 5) is 8.02. The molecule has 7 aromatic rings. The summed E-state index contributed by atoms with van der Waals surface area (Å²) in [5.41, 5.74) is 24.9. The molecule has 3 aliphatic heterocycles. The maximum atomic E-state index is 2.79. The van der Waals surface area contributed by atoms with Gasteiger partial charge < -0.3 is 14.7 Å². The van der Waals surface area contributed by atoms with Gasteiger partial charge in [-0.25, -0.2) is 0 Å². The van der Waals surface area contributed by atoms with Crippen LogP contribution in [0.25, 0.3) is 0 Å². The van der Waals surface area contributed by atoms with E-state index in [0.29, 0.717) is 0 Å². The molecule has 7 aromatic carbocycles. The van der Waals surface area contributed by atoms with Gasteiger partial charge in [-0.15, -0.1) is 0 Å². The fraction of sp³-hybridized carbons (Fsp3) is 0.373. The van der Waals surface area contributed by atoms with E-state index in [0.717, 1.165) is 12.8 Å². The molecule has 3 nitrogen and oxygen atoms in total. The maximum Gasteiger partial charge on any atom is 0.252 e. The van der Waals surface area contributed by atoms with Crippen LogP contribution in [-0.2, 0) is 27.1 Å². The summed E-state index contributed by atoms with van der Waals surface area (Å²) in [5, 5.41) is 0. The molecule has 0 bridgehead atoms. The third kappa shape index (κ3) is 7.27. The van der Waals surface area contributed by atoms with E-state index in [4.69, 9.17) is 0 Å². The molecule has 0 N–H and O–H groups in total. The molecule has 0 aromatic heterocycles. The van der Waals surface area contributed by atoms with Crippen molar-refractivity contribution in [2.24, 2.45) is 0 Å². The molecule has 71 heavy (non-hydrogen) atoms. The molecule has 4 heteroatoms. The van der Waals surface area contributed by atoms with Crippen LogP contribution in [0.1, 0.15) is 160 Å². The van der Waals surface area contributed by atoms with Gasteiger partial charge >= 0.3 is 0 Å². The monoisotopic (exact) mass is 934 g/mol. The van der Waals surface area contributed by atoms with Crippen molar-refractivity contribution in [3.05, 3.63) is 184 Å². The smallest absolute Gasteiger partial charge is 0.252 e. The van der Waals surface area contributed by atoms with Crippen LogP contribution in [0, 0.1) is 13.8 Å². The molecule has 2 atom stereocenters. The summed E-state index contributed by atoms with van der Waals surface area (Å²) in [6.45, 7) is 35.2. The SMILES string of the molecule is Cc1cc2c3c(c1)N(c1ccc(C(C)(C)C)cc1C)c1ccc(C(C)(C)C)cc1B3c1ccc(N3c4ccccc4C4(c5ccc(C(C)(C)C)cc5)CCCCC34C)cc1N2c1ccc(C(C)(C)C)cc1. The zero-order valence-electron chi connectivity index (χ0n) is 45.5. The maximum absolute atomic E-state index is 2.79. The van der Waals surface area contributed by atoms with Gasteiger partial charge in [0.25, 0.3) is 6.71 Å². The van der Waals surface area contributed by atoms with Crippen molar-refractivity contribution in [2.75, 3.05) is 14.7 Å². The van der Waals surface area contributed by atoms with Gasteiger partial charge in [-0.3, -0.25) is 0 Å². The second-order valence-electron chi connectivity index (χ2n) is 26.2. The summed E-state index contributed by atoms with van der Waals surface area (Å²) in [6, 6.07) is 55.8. The Morgan fingerprint density at radius 2 is 0.972 bits per heavy atom. The number of nitrogens with zero attached hydrogens (tertiary/aromatic N) is 3. The van der Waals surface area contributed by atoms with E-state index in [1.54, 1.807) is 0 Å². The zero-order valence-corrected chi connectivity index (χ0v) is 45.5. The number of rotatable bonds is 4. The van der Waals surface area contributed by atoms with E-state index in [1.165, 1.54) is 119 Å². The minimum Gasteiger partial charge on any atom is -0.334 e. The third-order valence-electron chi connectivity index (χ3n) is 17.3. The van der Waals surface area contributed by atoms with Gasteiger partial charge in [-0.2, -0.15) is 0 Å². The Morgan fingerprint density at radius 3 is 1.59 bits per heavy atom. The van der Waals surface area contributed by atoms with Crippen LogP contribution in [0.15, 0.2) is 140 Å². The summed E-state index contributed by atoms with van der Waals surface area (Å²) in [7, 11) is 0. The molecule has 4 aliphatic rings. The van der Waals surface area contributed by atoms with Crippen LogP contribution >= 0.6 is 0 Å². The van der Waals surface area contributed by atoms with Crippen LogP contribution in [0.4, 0.5) is 45.5 Å². The van der Waals surface area contributed by atoms with Gasteiger partial charge in [0.15, 0.2) is 0 Å². The van der Waals surface area contributed by atoms with E-state index < -0.39 is 0 Å². The molecule has 11 rings (SSSR count). The van der Waals surface area contributed by atoms with Gasteiger partial charge in [0, 0.05) is 50.9 Å². The first kappa shape index (κ1) is 47.3. The zero-order chi connectivity index (χ0) is 50.4. The Hall–Kier alpha value is -6.00. The van der Waals surface area contributed by atoms with E-state index in [2.05, 4.69) is 258 Å². The Bertz CT molecular complexity index is 3240. The Labute approximate surface area is 427 Å². The minimum absolute atomic E-state index is 0.0222. The highest BCUT2D eigenvalue weighted by Gasteiger charge is 2.61. The average molecular weight is 934 g/mol. The minimum atomic E-state index is -0.193. The van der Waals surface area contributed by atoms with E-state index in [-0.39, 0.29) is 39.3 Å². The number of fused-ring (bicyclic) bond motifs is 7. The van der Waals surface area contributed by atoms with Gasteiger partial charge in [0.1, 0.15) is 0 Å². The highest BCUT2D eigenvalue weighted by molar-refractivity contribution is 7.00. The molecule has 3 heterocycles. The van der Waals surface area contributed by atoms with Gasteiger partial charge in [0.2, 0.25) is 0 Å². The summed E-state index contributed by atoms with van der Waals surface area (Å²) in [6.07, 6.45) is 4.66. The summed E-state index contributed by atoms with van der Waals surface area (Å²) in [5.74, 6) is 0. The third-order valence-corrected chi connectivity index (χ3v) is 17.3. The van der Waals surface area contributed by atoms with Crippen LogP contribution in [-0.4, -0.2) is 12.3 Å². The first-order chi connectivity index (χ1) is 33.4. The van der Waals surface area contributed by atoms with Crippen molar-refractivity contribution >= 4 is 68.6 Å². The lowest BCUT2D eigenvalue weighted by Crippen LogP contribution is -2.61. The normalized spacial score (nSPS) is 19.5. The number of hydrogen-bond acceptors (Lipinski definition) is 3.